The Morgan fingerprint density at radius 1 is 1.20 bits per heavy atom. The van der Waals surface area contributed by atoms with E-state index in [0.717, 1.165) is 17.1 Å². The van der Waals surface area contributed by atoms with Crippen molar-refractivity contribution in [3.05, 3.63) is 23.8 Å². The van der Waals surface area contributed by atoms with E-state index in [1.165, 1.54) is 6.92 Å². The first-order valence-corrected chi connectivity index (χ1v) is 8.58. The van der Waals surface area contributed by atoms with Crippen LogP contribution in [0.25, 0.3) is 0 Å². The van der Waals surface area contributed by atoms with E-state index in [2.05, 4.69) is 4.90 Å². The summed E-state index contributed by atoms with van der Waals surface area (Å²) in [5.74, 6) is 0.636. The second kappa shape index (κ2) is 5.91. The first-order chi connectivity index (χ1) is 12.0. The molecule has 4 rings (SSSR count). The predicted molar refractivity (Wildman–Crippen MR) is 88.5 cm³/mol. The first kappa shape index (κ1) is 16.2. The number of aliphatic carboxylic acids is 1. The molecule has 0 radical (unpaired) electrons. The number of carboxylic acids is 1. The molecule has 1 aromatic carbocycles. The van der Waals surface area contributed by atoms with Crippen molar-refractivity contribution in [1.82, 2.24) is 9.80 Å². The molecule has 7 nitrogen and oxygen atoms in total. The molecule has 1 N–H and O–H groups in total. The zero-order valence-corrected chi connectivity index (χ0v) is 14.2. The van der Waals surface area contributed by atoms with Crippen LogP contribution in [0.4, 0.5) is 0 Å². The number of benzene rings is 1. The maximum atomic E-state index is 12.0. The lowest BCUT2D eigenvalue weighted by Gasteiger charge is -2.25. The van der Waals surface area contributed by atoms with Gasteiger partial charge in [-0.05, 0) is 17.7 Å². The second-order valence-corrected chi connectivity index (χ2v) is 7.21. The molecule has 2 atom stereocenters. The third-order valence-electron chi connectivity index (χ3n) is 5.56. The molecular weight excluding hydrogens is 324 g/mol. The molecule has 0 saturated carbocycles. The smallest absolute Gasteiger partial charge is 0.313 e. The minimum Gasteiger partial charge on any atom is -0.486 e. The molecule has 0 unspecified atom stereocenters. The number of ether oxygens (including phenoxy) is 2. The lowest BCUT2D eigenvalue weighted by Crippen LogP contribution is -2.41. The summed E-state index contributed by atoms with van der Waals surface area (Å²) < 4.78 is 11.2. The lowest BCUT2D eigenvalue weighted by molar-refractivity contribution is -0.149. The van der Waals surface area contributed by atoms with Crippen molar-refractivity contribution in [3.8, 4) is 11.5 Å². The maximum Gasteiger partial charge on any atom is 0.313 e. The van der Waals surface area contributed by atoms with Gasteiger partial charge in [0, 0.05) is 45.6 Å². The van der Waals surface area contributed by atoms with Crippen molar-refractivity contribution in [1.29, 1.82) is 0 Å². The van der Waals surface area contributed by atoms with Gasteiger partial charge in [0.15, 0.2) is 11.5 Å². The number of carbonyl (C=O) groups excluding carboxylic acids is 1. The molecule has 3 aliphatic heterocycles. The summed E-state index contributed by atoms with van der Waals surface area (Å²) >= 11 is 0. The molecule has 0 spiro atoms. The predicted octanol–water partition coefficient (Wildman–Crippen LogP) is 0.823. The van der Waals surface area contributed by atoms with Gasteiger partial charge >= 0.3 is 5.97 Å². The van der Waals surface area contributed by atoms with Crippen molar-refractivity contribution >= 4 is 11.9 Å². The summed E-state index contributed by atoms with van der Waals surface area (Å²) in [4.78, 5) is 27.4. The van der Waals surface area contributed by atoms with Crippen LogP contribution in [0, 0.1) is 11.3 Å². The van der Waals surface area contributed by atoms with Crippen LogP contribution in [-0.2, 0) is 16.1 Å². The number of hydrogen-bond acceptors (Lipinski definition) is 5. The van der Waals surface area contributed by atoms with E-state index in [1.807, 2.05) is 18.2 Å². The number of amides is 1. The zero-order valence-electron chi connectivity index (χ0n) is 14.2. The standard InChI is InChI=1S/C18H22N2O5/c1-12(21)20-9-14-8-19(10-18(14,11-20)17(22)23)7-13-2-3-15-16(6-13)25-5-4-24-15/h2-3,6,14H,4-5,7-11H2,1H3,(H,22,23)/t14-,18-/m1/s1. The number of rotatable bonds is 3. The van der Waals surface area contributed by atoms with Crippen molar-refractivity contribution in [2.24, 2.45) is 11.3 Å². The SMILES string of the molecule is CC(=O)N1C[C@H]2CN(Cc3ccc4c(c3)OCCO4)C[C@@]2(C(=O)O)C1. The molecule has 3 heterocycles. The number of nitrogens with zero attached hydrogens (tertiary/aromatic N) is 2. The Kier molecular flexibility index (Phi) is 3.83. The first-order valence-electron chi connectivity index (χ1n) is 8.58. The maximum absolute atomic E-state index is 12.0. The van der Waals surface area contributed by atoms with Crippen LogP contribution in [0.15, 0.2) is 18.2 Å². The Morgan fingerprint density at radius 2 is 1.96 bits per heavy atom. The van der Waals surface area contributed by atoms with E-state index in [9.17, 15) is 14.7 Å². The van der Waals surface area contributed by atoms with Crippen LogP contribution in [-0.4, -0.2) is 66.2 Å². The molecule has 7 heteroatoms. The largest absolute Gasteiger partial charge is 0.486 e. The van der Waals surface area contributed by atoms with Gasteiger partial charge < -0.3 is 19.5 Å². The van der Waals surface area contributed by atoms with Gasteiger partial charge in [-0.25, -0.2) is 0 Å². The fraction of sp³-hybridized carbons (Fsp3) is 0.556. The highest BCUT2D eigenvalue weighted by Gasteiger charge is 2.58. The highest BCUT2D eigenvalue weighted by molar-refractivity contribution is 5.80. The summed E-state index contributed by atoms with van der Waals surface area (Å²) in [5.41, 5.74) is 0.229. The Balaban J connectivity index is 1.49. The van der Waals surface area contributed by atoms with Crippen LogP contribution in [0.2, 0.25) is 0 Å². The van der Waals surface area contributed by atoms with Crippen molar-refractivity contribution < 1.29 is 24.2 Å². The topological polar surface area (TPSA) is 79.3 Å². The summed E-state index contributed by atoms with van der Waals surface area (Å²) in [5, 5.41) is 9.81. The quantitative estimate of drug-likeness (QED) is 0.873. The highest BCUT2D eigenvalue weighted by atomic mass is 16.6. The fourth-order valence-electron chi connectivity index (χ4n) is 4.28. The van der Waals surface area contributed by atoms with Crippen LogP contribution < -0.4 is 9.47 Å². The number of likely N-dealkylation sites (tertiary alicyclic amines) is 2. The van der Waals surface area contributed by atoms with Crippen LogP contribution in [0.5, 0.6) is 11.5 Å². The normalized spacial score (nSPS) is 28.0. The molecule has 0 aromatic heterocycles. The van der Waals surface area contributed by atoms with Gasteiger partial charge in [-0.2, -0.15) is 0 Å². The minimum atomic E-state index is -0.848. The number of fused-ring (bicyclic) bond motifs is 2. The molecule has 0 aliphatic carbocycles. The average molecular weight is 346 g/mol. The van der Waals surface area contributed by atoms with E-state index in [-0.39, 0.29) is 11.8 Å². The van der Waals surface area contributed by atoms with Crippen molar-refractivity contribution in [3.63, 3.8) is 0 Å². The van der Waals surface area contributed by atoms with Crippen LogP contribution in [0.3, 0.4) is 0 Å². The molecule has 2 fully saturated rings. The number of carbonyl (C=O) groups is 2. The molecular formula is C18H22N2O5. The van der Waals surface area contributed by atoms with E-state index in [1.54, 1.807) is 4.90 Å². The zero-order chi connectivity index (χ0) is 17.6. The summed E-state index contributed by atoms with van der Waals surface area (Å²) in [7, 11) is 0. The van der Waals surface area contributed by atoms with Gasteiger partial charge in [0.2, 0.25) is 5.91 Å². The second-order valence-electron chi connectivity index (χ2n) is 7.21. The number of hydrogen-bond donors (Lipinski definition) is 1. The van der Waals surface area contributed by atoms with Gasteiger partial charge in [-0.3, -0.25) is 14.5 Å². The van der Waals surface area contributed by atoms with Gasteiger partial charge in [-0.1, -0.05) is 6.07 Å². The van der Waals surface area contributed by atoms with E-state index < -0.39 is 11.4 Å². The summed E-state index contributed by atoms with van der Waals surface area (Å²) in [6.07, 6.45) is 0. The van der Waals surface area contributed by atoms with Crippen LogP contribution in [0.1, 0.15) is 12.5 Å². The van der Waals surface area contributed by atoms with Crippen molar-refractivity contribution in [2.45, 2.75) is 13.5 Å². The number of carboxylic acid groups (broad SMARTS) is 1. The van der Waals surface area contributed by atoms with Gasteiger partial charge in [0.05, 0.1) is 0 Å². The Morgan fingerprint density at radius 3 is 2.64 bits per heavy atom. The fourth-order valence-corrected chi connectivity index (χ4v) is 4.28. The molecule has 3 aliphatic rings. The monoisotopic (exact) mass is 346 g/mol. The van der Waals surface area contributed by atoms with Gasteiger partial charge in [0.25, 0.3) is 0 Å². The van der Waals surface area contributed by atoms with E-state index in [0.29, 0.717) is 45.9 Å². The summed E-state index contributed by atoms with van der Waals surface area (Å²) in [6.45, 7) is 5.26. The minimum absolute atomic E-state index is 0.0221. The van der Waals surface area contributed by atoms with Crippen LogP contribution >= 0.6 is 0 Å². The van der Waals surface area contributed by atoms with E-state index >= 15 is 0 Å². The molecule has 1 aromatic rings. The van der Waals surface area contributed by atoms with Gasteiger partial charge in [-0.15, -0.1) is 0 Å². The van der Waals surface area contributed by atoms with Gasteiger partial charge in [0.1, 0.15) is 18.6 Å². The molecule has 2 saturated heterocycles. The Hall–Kier alpha value is -2.28. The van der Waals surface area contributed by atoms with E-state index in [4.69, 9.17) is 9.47 Å². The Bertz CT molecular complexity index is 721. The molecule has 0 bridgehead atoms. The molecule has 134 valence electrons. The molecule has 1 amide bonds. The van der Waals surface area contributed by atoms with Crippen molar-refractivity contribution in [2.75, 3.05) is 39.4 Å². The Labute approximate surface area is 146 Å². The third-order valence-corrected chi connectivity index (χ3v) is 5.56. The third kappa shape index (κ3) is 2.72. The molecule has 25 heavy (non-hydrogen) atoms. The average Bonchev–Trinajstić information content (AvgIpc) is 3.10. The summed E-state index contributed by atoms with van der Waals surface area (Å²) in [6, 6.07) is 5.88. The highest BCUT2D eigenvalue weighted by Crippen LogP contribution is 2.43. The lowest BCUT2D eigenvalue weighted by atomic mass is 9.81.